The third kappa shape index (κ3) is 3.14. The third-order valence-electron chi connectivity index (χ3n) is 1.99. The molecule has 2 N–H and O–H groups in total. The Bertz CT molecular complexity index is 265. The van der Waals surface area contributed by atoms with Gasteiger partial charge in [0.2, 0.25) is 0 Å². The third-order valence-corrected chi connectivity index (χ3v) is 1.99. The Kier molecular flexibility index (Phi) is 3.42. The number of hydrogen-bond acceptors (Lipinski definition) is 3. The van der Waals surface area contributed by atoms with Crippen molar-refractivity contribution in [2.45, 2.75) is 46.2 Å². The van der Waals surface area contributed by atoms with E-state index in [0.717, 1.165) is 31.0 Å². The van der Waals surface area contributed by atoms with Crippen LogP contribution in [0.5, 0.6) is 0 Å². The highest BCUT2D eigenvalue weighted by atomic mass is 15.3. The number of aromatic nitrogens is 3. The molecule has 0 saturated carbocycles. The Morgan fingerprint density at radius 1 is 1.46 bits per heavy atom. The molecule has 0 saturated heterocycles. The Balaban J connectivity index is 2.40. The van der Waals surface area contributed by atoms with Gasteiger partial charge in [0.05, 0.1) is 0 Å². The van der Waals surface area contributed by atoms with Gasteiger partial charge in [-0.2, -0.15) is 5.10 Å². The van der Waals surface area contributed by atoms with E-state index in [1.165, 1.54) is 0 Å². The van der Waals surface area contributed by atoms with Gasteiger partial charge in [0.1, 0.15) is 11.6 Å². The van der Waals surface area contributed by atoms with Crippen molar-refractivity contribution < 1.29 is 0 Å². The van der Waals surface area contributed by atoms with Crippen LogP contribution in [0.25, 0.3) is 0 Å². The lowest BCUT2D eigenvalue weighted by atomic mass is 10.2. The van der Waals surface area contributed by atoms with E-state index in [-0.39, 0.29) is 6.04 Å². The number of aryl methyl sites for hydroxylation is 3. The van der Waals surface area contributed by atoms with Crippen molar-refractivity contribution in [2.75, 3.05) is 0 Å². The van der Waals surface area contributed by atoms with E-state index in [0.29, 0.717) is 0 Å². The SMILES string of the molecule is Cc1nc(C)n(CCCC(C)N)n1. The first-order valence-corrected chi connectivity index (χ1v) is 4.73. The summed E-state index contributed by atoms with van der Waals surface area (Å²) in [5.41, 5.74) is 5.65. The van der Waals surface area contributed by atoms with E-state index < -0.39 is 0 Å². The minimum atomic E-state index is 0.282. The largest absolute Gasteiger partial charge is 0.328 e. The molecule has 74 valence electrons. The van der Waals surface area contributed by atoms with Crippen molar-refractivity contribution in [1.82, 2.24) is 14.8 Å². The molecule has 1 unspecified atom stereocenters. The van der Waals surface area contributed by atoms with E-state index in [1.54, 1.807) is 0 Å². The molecule has 0 spiro atoms. The van der Waals surface area contributed by atoms with Gasteiger partial charge in [-0.3, -0.25) is 4.68 Å². The zero-order chi connectivity index (χ0) is 9.84. The molecular weight excluding hydrogens is 164 g/mol. The van der Waals surface area contributed by atoms with Gasteiger partial charge >= 0.3 is 0 Å². The maximum atomic E-state index is 5.65. The van der Waals surface area contributed by atoms with Crippen LogP contribution in [-0.2, 0) is 6.54 Å². The minimum Gasteiger partial charge on any atom is -0.328 e. The molecule has 0 aromatic carbocycles. The fourth-order valence-corrected chi connectivity index (χ4v) is 1.34. The predicted molar refractivity (Wildman–Crippen MR) is 52.4 cm³/mol. The van der Waals surface area contributed by atoms with Crippen LogP contribution in [-0.4, -0.2) is 20.8 Å². The lowest BCUT2D eigenvalue weighted by molar-refractivity contribution is 0.513. The van der Waals surface area contributed by atoms with Gasteiger partial charge in [-0.15, -0.1) is 0 Å². The zero-order valence-electron chi connectivity index (χ0n) is 8.62. The first kappa shape index (κ1) is 10.2. The van der Waals surface area contributed by atoms with Crippen LogP contribution < -0.4 is 5.73 Å². The van der Waals surface area contributed by atoms with Crippen LogP contribution in [0.1, 0.15) is 31.4 Å². The fraction of sp³-hybridized carbons (Fsp3) is 0.778. The van der Waals surface area contributed by atoms with E-state index in [2.05, 4.69) is 10.1 Å². The normalized spacial score (nSPS) is 13.2. The molecule has 0 amide bonds. The van der Waals surface area contributed by atoms with E-state index in [4.69, 9.17) is 5.73 Å². The Morgan fingerprint density at radius 2 is 2.15 bits per heavy atom. The summed E-state index contributed by atoms with van der Waals surface area (Å²) in [6.45, 7) is 6.84. The molecule has 1 rings (SSSR count). The highest BCUT2D eigenvalue weighted by Crippen LogP contribution is 2.00. The molecule has 13 heavy (non-hydrogen) atoms. The van der Waals surface area contributed by atoms with Crippen molar-refractivity contribution in [1.29, 1.82) is 0 Å². The average Bonchev–Trinajstić information content (AvgIpc) is 2.29. The summed E-state index contributed by atoms with van der Waals surface area (Å²) >= 11 is 0. The van der Waals surface area contributed by atoms with Crippen LogP contribution in [0.15, 0.2) is 0 Å². The molecule has 1 heterocycles. The summed E-state index contributed by atoms with van der Waals surface area (Å²) in [6.07, 6.45) is 2.11. The van der Waals surface area contributed by atoms with Crippen LogP contribution in [0.3, 0.4) is 0 Å². The standard InChI is InChI=1S/C9H18N4/c1-7(10)5-4-6-13-9(3)11-8(2)12-13/h7H,4-6,10H2,1-3H3. The molecule has 0 aliphatic carbocycles. The lowest BCUT2D eigenvalue weighted by Gasteiger charge is -2.05. The van der Waals surface area contributed by atoms with Crippen molar-refractivity contribution in [3.63, 3.8) is 0 Å². The van der Waals surface area contributed by atoms with Crippen molar-refractivity contribution >= 4 is 0 Å². The van der Waals surface area contributed by atoms with E-state index in [9.17, 15) is 0 Å². The Hall–Kier alpha value is -0.900. The summed E-state index contributed by atoms with van der Waals surface area (Å²) in [5, 5.41) is 4.27. The monoisotopic (exact) mass is 182 g/mol. The maximum Gasteiger partial charge on any atom is 0.147 e. The number of nitrogens with two attached hydrogens (primary N) is 1. The molecule has 4 nitrogen and oxygen atoms in total. The second-order valence-corrected chi connectivity index (χ2v) is 3.55. The van der Waals surface area contributed by atoms with Crippen LogP contribution in [0.4, 0.5) is 0 Å². The van der Waals surface area contributed by atoms with Gasteiger partial charge in [-0.05, 0) is 33.6 Å². The number of rotatable bonds is 4. The van der Waals surface area contributed by atoms with Crippen molar-refractivity contribution in [2.24, 2.45) is 5.73 Å². The van der Waals surface area contributed by atoms with Gasteiger partial charge in [-0.25, -0.2) is 4.98 Å². The van der Waals surface area contributed by atoms with Crippen LogP contribution in [0, 0.1) is 13.8 Å². The summed E-state index contributed by atoms with van der Waals surface area (Å²) < 4.78 is 1.94. The predicted octanol–water partition coefficient (Wildman–Crippen LogP) is 1.02. The topological polar surface area (TPSA) is 56.7 Å². The summed E-state index contributed by atoms with van der Waals surface area (Å²) in [4.78, 5) is 4.23. The van der Waals surface area contributed by atoms with Crippen molar-refractivity contribution in [3.8, 4) is 0 Å². The molecule has 1 aromatic heterocycles. The molecule has 0 bridgehead atoms. The number of hydrogen-bond donors (Lipinski definition) is 1. The van der Waals surface area contributed by atoms with Crippen molar-refractivity contribution in [3.05, 3.63) is 11.6 Å². The summed E-state index contributed by atoms with van der Waals surface area (Å²) in [6, 6.07) is 0.282. The first-order chi connectivity index (χ1) is 6.09. The number of nitrogens with zero attached hydrogens (tertiary/aromatic N) is 3. The Morgan fingerprint density at radius 3 is 2.62 bits per heavy atom. The zero-order valence-corrected chi connectivity index (χ0v) is 8.62. The molecule has 0 aliphatic rings. The van der Waals surface area contributed by atoms with Crippen LogP contribution in [0.2, 0.25) is 0 Å². The minimum absolute atomic E-state index is 0.282. The summed E-state index contributed by atoms with van der Waals surface area (Å²) in [7, 11) is 0. The molecule has 0 fully saturated rings. The smallest absolute Gasteiger partial charge is 0.147 e. The molecule has 1 atom stereocenters. The van der Waals surface area contributed by atoms with E-state index >= 15 is 0 Å². The van der Waals surface area contributed by atoms with Gasteiger partial charge in [0.15, 0.2) is 0 Å². The average molecular weight is 182 g/mol. The molecule has 4 heteroatoms. The van der Waals surface area contributed by atoms with E-state index in [1.807, 2.05) is 25.5 Å². The lowest BCUT2D eigenvalue weighted by Crippen LogP contribution is -2.15. The fourth-order valence-electron chi connectivity index (χ4n) is 1.34. The molecule has 0 radical (unpaired) electrons. The van der Waals surface area contributed by atoms with Gasteiger partial charge in [0.25, 0.3) is 0 Å². The second kappa shape index (κ2) is 4.37. The molecular formula is C9H18N4. The molecule has 1 aromatic rings. The highest BCUT2D eigenvalue weighted by molar-refractivity contribution is 4.87. The summed E-state index contributed by atoms with van der Waals surface area (Å²) in [5.74, 6) is 1.83. The highest BCUT2D eigenvalue weighted by Gasteiger charge is 2.02. The quantitative estimate of drug-likeness (QED) is 0.756. The first-order valence-electron chi connectivity index (χ1n) is 4.73. The second-order valence-electron chi connectivity index (χ2n) is 3.55. The maximum absolute atomic E-state index is 5.65. The van der Waals surface area contributed by atoms with Crippen LogP contribution >= 0.6 is 0 Å². The van der Waals surface area contributed by atoms with Gasteiger partial charge < -0.3 is 5.73 Å². The Labute approximate surface area is 79.2 Å². The molecule has 0 aliphatic heterocycles. The van der Waals surface area contributed by atoms with Gasteiger partial charge in [0, 0.05) is 12.6 Å². The van der Waals surface area contributed by atoms with Gasteiger partial charge in [-0.1, -0.05) is 0 Å².